The Morgan fingerprint density at radius 2 is 1.67 bits per heavy atom. The van der Waals surface area contributed by atoms with Crippen LogP contribution in [0.4, 0.5) is 0 Å². The largest absolute Gasteiger partial charge is 0.330 e. The molecule has 0 aromatic carbocycles. The molecule has 0 unspecified atom stereocenters. The van der Waals surface area contributed by atoms with Gasteiger partial charge in [0.15, 0.2) is 14.9 Å². The summed E-state index contributed by atoms with van der Waals surface area (Å²) in [6, 6.07) is 0. The van der Waals surface area contributed by atoms with Crippen LogP contribution in [0.3, 0.4) is 0 Å². The lowest BCUT2D eigenvalue weighted by atomic mass is 10.2. The van der Waals surface area contributed by atoms with Gasteiger partial charge in [-0.05, 0) is 19.4 Å². The number of nitrogens with one attached hydrogen (secondary N) is 1. The van der Waals surface area contributed by atoms with Crippen molar-refractivity contribution in [3.8, 4) is 0 Å². The van der Waals surface area contributed by atoms with Crippen molar-refractivity contribution < 1.29 is 16.8 Å². The summed E-state index contributed by atoms with van der Waals surface area (Å²) in [4.78, 5) is 0. The number of hydrogen-bond donors (Lipinski definition) is 2. The van der Waals surface area contributed by atoms with Crippen LogP contribution in [0.5, 0.6) is 0 Å². The van der Waals surface area contributed by atoms with Gasteiger partial charge in [-0.2, -0.15) is 0 Å². The van der Waals surface area contributed by atoms with Crippen molar-refractivity contribution in [1.82, 2.24) is 4.72 Å². The van der Waals surface area contributed by atoms with Crippen LogP contribution in [0, 0.1) is 0 Å². The summed E-state index contributed by atoms with van der Waals surface area (Å²) in [5.74, 6) is 0. The van der Waals surface area contributed by atoms with Crippen molar-refractivity contribution >= 4 is 19.9 Å². The van der Waals surface area contributed by atoms with Crippen LogP contribution in [-0.2, 0) is 19.9 Å². The second-order valence-electron chi connectivity index (χ2n) is 3.40. The third kappa shape index (κ3) is 10.1. The Bertz CT molecular complexity index is 360. The maximum atomic E-state index is 11.2. The van der Waals surface area contributed by atoms with Gasteiger partial charge in [-0.25, -0.2) is 21.6 Å². The molecule has 0 aromatic heterocycles. The van der Waals surface area contributed by atoms with E-state index < -0.39 is 24.9 Å². The van der Waals surface area contributed by atoms with Gasteiger partial charge in [0.2, 0.25) is 10.0 Å². The van der Waals surface area contributed by atoms with Crippen LogP contribution in [0.2, 0.25) is 0 Å². The Labute approximate surface area is 91.2 Å². The highest BCUT2D eigenvalue weighted by molar-refractivity contribution is 8.06. The minimum absolute atomic E-state index is 0.262. The lowest BCUT2D eigenvalue weighted by Gasteiger charge is -2.04. The Morgan fingerprint density at radius 1 is 1.07 bits per heavy atom. The SMILES string of the molecule is CS(=O)(=O)CS(=O)(=O)NCCCCCN. The highest BCUT2D eigenvalue weighted by atomic mass is 32.3. The molecular formula is C7H18N2O4S2. The number of sulfone groups is 1. The Balaban J connectivity index is 3.86. The fraction of sp³-hybridized carbons (Fsp3) is 1.00. The molecule has 0 fully saturated rings. The molecule has 0 saturated heterocycles. The van der Waals surface area contributed by atoms with Crippen LogP contribution in [0.25, 0.3) is 0 Å². The third-order valence-corrected chi connectivity index (χ3v) is 5.17. The van der Waals surface area contributed by atoms with Crippen molar-refractivity contribution in [3.05, 3.63) is 0 Å². The van der Waals surface area contributed by atoms with Crippen molar-refractivity contribution in [2.75, 3.05) is 24.4 Å². The van der Waals surface area contributed by atoms with Gasteiger partial charge in [0.1, 0.15) is 0 Å². The molecule has 0 aliphatic heterocycles. The van der Waals surface area contributed by atoms with Crippen molar-refractivity contribution in [3.63, 3.8) is 0 Å². The van der Waals surface area contributed by atoms with E-state index in [1.54, 1.807) is 0 Å². The van der Waals surface area contributed by atoms with E-state index in [0.717, 1.165) is 19.1 Å². The topological polar surface area (TPSA) is 106 Å². The van der Waals surface area contributed by atoms with E-state index in [2.05, 4.69) is 4.72 Å². The molecule has 0 aliphatic carbocycles. The van der Waals surface area contributed by atoms with Crippen molar-refractivity contribution in [1.29, 1.82) is 0 Å². The maximum Gasteiger partial charge on any atom is 0.226 e. The van der Waals surface area contributed by atoms with Crippen LogP contribution >= 0.6 is 0 Å². The molecule has 92 valence electrons. The first-order chi connectivity index (χ1) is 6.77. The molecule has 0 saturated carbocycles. The zero-order valence-corrected chi connectivity index (χ0v) is 10.4. The number of sulfonamides is 1. The average molecular weight is 258 g/mol. The van der Waals surface area contributed by atoms with Gasteiger partial charge in [0.25, 0.3) is 0 Å². The van der Waals surface area contributed by atoms with Crippen LogP contribution in [-0.4, -0.2) is 41.3 Å². The van der Waals surface area contributed by atoms with Gasteiger partial charge in [0, 0.05) is 12.8 Å². The quantitative estimate of drug-likeness (QED) is 0.545. The zero-order valence-electron chi connectivity index (χ0n) is 8.77. The smallest absolute Gasteiger partial charge is 0.226 e. The van der Waals surface area contributed by atoms with E-state index in [-0.39, 0.29) is 6.54 Å². The highest BCUT2D eigenvalue weighted by Gasteiger charge is 2.16. The Morgan fingerprint density at radius 3 is 2.13 bits per heavy atom. The summed E-state index contributed by atoms with van der Waals surface area (Å²) in [6.45, 7) is 0.841. The minimum atomic E-state index is -3.70. The fourth-order valence-corrected chi connectivity index (χ4v) is 4.04. The van der Waals surface area contributed by atoms with Crippen LogP contribution in [0.15, 0.2) is 0 Å². The number of unbranched alkanes of at least 4 members (excludes halogenated alkanes) is 2. The van der Waals surface area contributed by atoms with E-state index in [4.69, 9.17) is 5.73 Å². The van der Waals surface area contributed by atoms with E-state index >= 15 is 0 Å². The number of nitrogens with two attached hydrogens (primary N) is 1. The Hall–Kier alpha value is -0.180. The summed E-state index contributed by atoms with van der Waals surface area (Å²) in [6.07, 6.45) is 3.23. The molecule has 0 radical (unpaired) electrons. The first kappa shape index (κ1) is 14.8. The molecule has 0 bridgehead atoms. The third-order valence-electron chi connectivity index (χ3n) is 1.57. The molecular weight excluding hydrogens is 240 g/mol. The molecule has 0 rings (SSSR count). The molecule has 6 nitrogen and oxygen atoms in total. The maximum absolute atomic E-state index is 11.2. The van der Waals surface area contributed by atoms with Gasteiger partial charge >= 0.3 is 0 Å². The van der Waals surface area contributed by atoms with Crippen LogP contribution < -0.4 is 10.5 Å². The van der Waals surface area contributed by atoms with Crippen LogP contribution in [0.1, 0.15) is 19.3 Å². The predicted molar refractivity (Wildman–Crippen MR) is 59.5 cm³/mol. The summed E-state index contributed by atoms with van der Waals surface area (Å²) in [5, 5.41) is -0.850. The highest BCUT2D eigenvalue weighted by Crippen LogP contribution is 1.95. The van der Waals surface area contributed by atoms with Gasteiger partial charge in [-0.1, -0.05) is 6.42 Å². The lowest BCUT2D eigenvalue weighted by molar-refractivity contribution is 0.575. The summed E-state index contributed by atoms with van der Waals surface area (Å²) < 4.78 is 46.0. The molecule has 3 N–H and O–H groups in total. The van der Waals surface area contributed by atoms with E-state index in [1.807, 2.05) is 0 Å². The number of rotatable bonds is 8. The first-order valence-electron chi connectivity index (χ1n) is 4.62. The summed E-state index contributed by atoms with van der Waals surface area (Å²) in [7, 11) is -7.20. The standard InChI is InChI=1S/C7H18N2O4S2/c1-14(10,11)7-15(12,13)9-6-4-2-3-5-8/h9H,2-8H2,1H3. The lowest BCUT2D eigenvalue weighted by Crippen LogP contribution is -2.30. The molecule has 0 aliphatic rings. The molecule has 15 heavy (non-hydrogen) atoms. The average Bonchev–Trinajstić information content (AvgIpc) is 1.99. The van der Waals surface area contributed by atoms with Gasteiger partial charge in [0.05, 0.1) is 0 Å². The molecule has 0 amide bonds. The normalized spacial score (nSPS) is 12.9. The van der Waals surface area contributed by atoms with Gasteiger partial charge < -0.3 is 5.73 Å². The van der Waals surface area contributed by atoms with Gasteiger partial charge in [-0.3, -0.25) is 0 Å². The molecule has 8 heteroatoms. The monoisotopic (exact) mass is 258 g/mol. The second-order valence-corrected chi connectivity index (χ2v) is 7.71. The first-order valence-corrected chi connectivity index (χ1v) is 8.33. The van der Waals surface area contributed by atoms with Crippen molar-refractivity contribution in [2.45, 2.75) is 19.3 Å². The zero-order chi connectivity index (χ0) is 11.9. The molecule has 0 spiro atoms. The molecule has 0 heterocycles. The van der Waals surface area contributed by atoms with Crippen molar-refractivity contribution in [2.24, 2.45) is 5.73 Å². The van der Waals surface area contributed by atoms with E-state index in [9.17, 15) is 16.8 Å². The summed E-state index contributed by atoms with van der Waals surface area (Å²) >= 11 is 0. The predicted octanol–water partition coefficient (Wildman–Crippen LogP) is -0.963. The Kier molecular flexibility index (Phi) is 6.34. The molecule has 0 atom stereocenters. The van der Waals surface area contributed by atoms with E-state index in [1.165, 1.54) is 0 Å². The second kappa shape index (κ2) is 6.41. The summed E-state index contributed by atoms with van der Waals surface area (Å²) in [5.41, 5.74) is 5.26. The number of hydrogen-bond acceptors (Lipinski definition) is 5. The minimum Gasteiger partial charge on any atom is -0.330 e. The molecule has 0 aromatic rings. The fourth-order valence-electron chi connectivity index (χ4n) is 0.997. The van der Waals surface area contributed by atoms with Gasteiger partial charge in [-0.15, -0.1) is 0 Å². The van der Waals surface area contributed by atoms with E-state index in [0.29, 0.717) is 13.0 Å².